The lowest BCUT2D eigenvalue weighted by Gasteiger charge is -2.37. The third kappa shape index (κ3) is 5.18. The van der Waals surface area contributed by atoms with Crippen molar-refractivity contribution in [1.82, 2.24) is 20.7 Å². The van der Waals surface area contributed by atoms with Gasteiger partial charge in [-0.15, -0.1) is 0 Å². The molecule has 3 amide bonds. The Bertz CT molecular complexity index is 588. The van der Waals surface area contributed by atoms with Crippen LogP contribution in [-0.2, 0) is 19.2 Å². The van der Waals surface area contributed by atoms with Crippen LogP contribution in [0.2, 0.25) is 0 Å². The molecule has 0 spiro atoms. The van der Waals surface area contributed by atoms with Gasteiger partial charge in [-0.05, 0) is 45.1 Å². The van der Waals surface area contributed by atoms with Gasteiger partial charge in [0.25, 0.3) is 5.91 Å². The zero-order valence-electron chi connectivity index (χ0n) is 16.2. The molecule has 0 unspecified atom stereocenters. The second-order valence-electron chi connectivity index (χ2n) is 7.66. The van der Waals surface area contributed by atoms with Crippen LogP contribution >= 0.6 is 0 Å². The monoisotopic (exact) mass is 382 g/mol. The Hall–Kier alpha value is -2.16. The maximum absolute atomic E-state index is 13.0. The average Bonchev–Trinajstić information content (AvgIpc) is 3.26. The molecule has 0 bridgehead atoms. The summed E-state index contributed by atoms with van der Waals surface area (Å²) in [7, 11) is 0. The Kier molecular flexibility index (Phi) is 7.18. The quantitative estimate of drug-likeness (QED) is 0.548. The van der Waals surface area contributed by atoms with E-state index in [2.05, 4.69) is 10.6 Å². The van der Waals surface area contributed by atoms with Gasteiger partial charge in [0.05, 0.1) is 6.04 Å². The van der Waals surface area contributed by atoms with Crippen molar-refractivity contribution in [2.75, 3.05) is 13.1 Å². The molecule has 2 fully saturated rings. The molecule has 2 aliphatic rings. The predicted octanol–water partition coefficient (Wildman–Crippen LogP) is 0.108. The van der Waals surface area contributed by atoms with Crippen LogP contribution in [0.15, 0.2) is 0 Å². The maximum atomic E-state index is 13.0. The molecule has 152 valence electrons. The molecular formula is C18H30N4O5. The van der Waals surface area contributed by atoms with Gasteiger partial charge >= 0.3 is 5.97 Å². The van der Waals surface area contributed by atoms with Crippen molar-refractivity contribution in [3.8, 4) is 0 Å². The normalized spacial score (nSPS) is 22.0. The molecule has 0 aromatic rings. The highest BCUT2D eigenvalue weighted by atomic mass is 16.4. The van der Waals surface area contributed by atoms with E-state index in [-0.39, 0.29) is 24.2 Å². The van der Waals surface area contributed by atoms with Crippen LogP contribution in [0.5, 0.6) is 0 Å². The number of hydrazine groups is 1. The van der Waals surface area contributed by atoms with Gasteiger partial charge in [-0.3, -0.25) is 19.4 Å². The lowest BCUT2D eigenvalue weighted by Crippen LogP contribution is -2.61. The Morgan fingerprint density at radius 3 is 2.48 bits per heavy atom. The molecule has 2 heterocycles. The third-order valence-corrected chi connectivity index (χ3v) is 4.96. The Balaban J connectivity index is 2.17. The SMILES string of the molecule is CC(C)C[C@H](NC(=O)[C@H](C)N(C(=O)[C@@H]1CCCN1)N1CCCC1=O)C(=O)O. The Labute approximate surface area is 159 Å². The summed E-state index contributed by atoms with van der Waals surface area (Å²) in [5.74, 6) is -2.12. The van der Waals surface area contributed by atoms with Crippen LogP contribution < -0.4 is 10.6 Å². The molecule has 3 atom stereocenters. The van der Waals surface area contributed by atoms with E-state index in [4.69, 9.17) is 0 Å². The zero-order chi connectivity index (χ0) is 20.1. The molecule has 0 radical (unpaired) electrons. The summed E-state index contributed by atoms with van der Waals surface area (Å²) >= 11 is 0. The number of nitrogens with zero attached hydrogens (tertiary/aromatic N) is 2. The first-order chi connectivity index (χ1) is 12.7. The molecule has 9 nitrogen and oxygen atoms in total. The van der Waals surface area contributed by atoms with E-state index >= 15 is 0 Å². The number of hydrogen-bond donors (Lipinski definition) is 3. The smallest absolute Gasteiger partial charge is 0.326 e. The minimum absolute atomic E-state index is 0.0855. The number of nitrogens with one attached hydrogen (secondary N) is 2. The highest BCUT2D eigenvalue weighted by molar-refractivity contribution is 5.93. The van der Waals surface area contributed by atoms with Gasteiger partial charge in [-0.2, -0.15) is 0 Å². The van der Waals surface area contributed by atoms with Gasteiger partial charge < -0.3 is 15.7 Å². The fourth-order valence-electron chi connectivity index (χ4n) is 3.53. The van der Waals surface area contributed by atoms with E-state index in [1.807, 2.05) is 13.8 Å². The van der Waals surface area contributed by atoms with Crippen molar-refractivity contribution < 1.29 is 24.3 Å². The molecule has 0 saturated carbocycles. The molecule has 27 heavy (non-hydrogen) atoms. The van der Waals surface area contributed by atoms with Crippen molar-refractivity contribution >= 4 is 23.7 Å². The number of carboxylic acid groups (broad SMARTS) is 1. The highest BCUT2D eigenvalue weighted by Crippen LogP contribution is 2.20. The fourth-order valence-corrected chi connectivity index (χ4v) is 3.53. The second kappa shape index (κ2) is 9.16. The standard InChI is InChI=1S/C18H30N4O5/c1-11(2)10-14(18(26)27)20-16(24)12(3)22(21-9-5-7-15(21)23)17(25)13-6-4-8-19-13/h11-14,19H,4-10H2,1-3H3,(H,20,24)(H,26,27)/t12-,13-,14-/m0/s1. The van der Waals surface area contributed by atoms with Crippen LogP contribution in [0.25, 0.3) is 0 Å². The van der Waals surface area contributed by atoms with E-state index in [1.54, 1.807) is 0 Å². The zero-order valence-corrected chi connectivity index (χ0v) is 16.2. The maximum Gasteiger partial charge on any atom is 0.326 e. The van der Waals surface area contributed by atoms with Crippen molar-refractivity contribution in [3.05, 3.63) is 0 Å². The molecule has 2 aliphatic heterocycles. The van der Waals surface area contributed by atoms with E-state index < -0.39 is 30.0 Å². The number of amides is 3. The molecule has 9 heteroatoms. The summed E-state index contributed by atoms with van der Waals surface area (Å²) in [4.78, 5) is 49.4. The number of aliphatic carboxylic acids is 1. The van der Waals surface area contributed by atoms with Crippen molar-refractivity contribution in [1.29, 1.82) is 0 Å². The molecule has 0 aliphatic carbocycles. The lowest BCUT2D eigenvalue weighted by molar-refractivity contribution is -0.169. The van der Waals surface area contributed by atoms with Crippen LogP contribution in [0.1, 0.15) is 52.9 Å². The van der Waals surface area contributed by atoms with Crippen LogP contribution in [0.3, 0.4) is 0 Å². The van der Waals surface area contributed by atoms with E-state index in [1.165, 1.54) is 16.9 Å². The van der Waals surface area contributed by atoms with Gasteiger partial charge in [0, 0.05) is 13.0 Å². The lowest BCUT2D eigenvalue weighted by atomic mass is 10.0. The van der Waals surface area contributed by atoms with Crippen LogP contribution in [0, 0.1) is 5.92 Å². The third-order valence-electron chi connectivity index (χ3n) is 4.96. The van der Waals surface area contributed by atoms with Crippen molar-refractivity contribution in [2.45, 2.75) is 71.0 Å². The average molecular weight is 382 g/mol. The number of rotatable bonds is 8. The second-order valence-corrected chi connectivity index (χ2v) is 7.66. The summed E-state index contributed by atoms with van der Waals surface area (Å²) in [5.41, 5.74) is 0. The number of carbonyl (C=O) groups is 4. The molecule has 0 aromatic heterocycles. The van der Waals surface area contributed by atoms with E-state index in [0.29, 0.717) is 32.4 Å². The topological polar surface area (TPSA) is 119 Å². The number of hydrogen-bond acceptors (Lipinski definition) is 5. The van der Waals surface area contributed by atoms with Gasteiger partial charge in [0.1, 0.15) is 12.1 Å². The van der Waals surface area contributed by atoms with Crippen molar-refractivity contribution in [2.24, 2.45) is 5.92 Å². The molecule has 3 N–H and O–H groups in total. The van der Waals surface area contributed by atoms with Gasteiger partial charge in [0.2, 0.25) is 11.8 Å². The number of carboxylic acids is 1. The fraction of sp³-hybridized carbons (Fsp3) is 0.778. The largest absolute Gasteiger partial charge is 0.480 e. The molecule has 2 saturated heterocycles. The molecular weight excluding hydrogens is 352 g/mol. The molecule has 2 rings (SSSR count). The first-order valence-corrected chi connectivity index (χ1v) is 9.62. The summed E-state index contributed by atoms with van der Waals surface area (Å²) < 4.78 is 0. The summed E-state index contributed by atoms with van der Waals surface area (Å²) in [6, 6.07) is -2.44. The first kappa shape index (κ1) is 21.1. The number of carbonyl (C=O) groups excluding carboxylic acids is 3. The van der Waals surface area contributed by atoms with Crippen molar-refractivity contribution in [3.63, 3.8) is 0 Å². The first-order valence-electron chi connectivity index (χ1n) is 9.62. The Morgan fingerprint density at radius 2 is 2.00 bits per heavy atom. The van der Waals surface area contributed by atoms with E-state index in [9.17, 15) is 24.3 Å². The minimum atomic E-state index is -1.11. The van der Waals surface area contributed by atoms with Crippen LogP contribution in [-0.4, -0.2) is 70.0 Å². The van der Waals surface area contributed by atoms with Crippen LogP contribution in [0.4, 0.5) is 0 Å². The minimum Gasteiger partial charge on any atom is -0.480 e. The summed E-state index contributed by atoms with van der Waals surface area (Å²) in [6.07, 6.45) is 2.75. The van der Waals surface area contributed by atoms with Gasteiger partial charge in [0.15, 0.2) is 0 Å². The van der Waals surface area contributed by atoms with E-state index in [0.717, 1.165) is 6.42 Å². The summed E-state index contributed by atoms with van der Waals surface area (Å²) in [6.45, 7) is 6.37. The Morgan fingerprint density at radius 1 is 1.30 bits per heavy atom. The summed E-state index contributed by atoms with van der Waals surface area (Å²) in [5, 5.41) is 17.5. The predicted molar refractivity (Wildman–Crippen MR) is 97.3 cm³/mol. The highest BCUT2D eigenvalue weighted by Gasteiger charge is 2.40. The van der Waals surface area contributed by atoms with Gasteiger partial charge in [-0.25, -0.2) is 9.80 Å². The van der Waals surface area contributed by atoms with Gasteiger partial charge in [-0.1, -0.05) is 13.8 Å². The molecule has 0 aromatic carbocycles.